The quantitative estimate of drug-likeness (QED) is 0.719. The summed E-state index contributed by atoms with van der Waals surface area (Å²) >= 11 is 0. The van der Waals surface area contributed by atoms with Gasteiger partial charge in [-0.15, -0.1) is 0 Å². The van der Waals surface area contributed by atoms with Crippen molar-refractivity contribution in [3.8, 4) is 0 Å². The van der Waals surface area contributed by atoms with E-state index in [-0.39, 0.29) is 6.04 Å². The van der Waals surface area contributed by atoms with E-state index in [1.54, 1.807) is 12.1 Å². The maximum absolute atomic E-state index is 12.0. The van der Waals surface area contributed by atoms with Gasteiger partial charge in [0, 0.05) is 12.1 Å². The summed E-state index contributed by atoms with van der Waals surface area (Å²) in [5, 5.41) is 3.49. The first kappa shape index (κ1) is 14.0. The molecule has 3 rings (SSSR count). The lowest BCUT2D eigenvalue weighted by Gasteiger charge is -2.07. The third kappa shape index (κ3) is 4.04. The normalized spacial score (nSPS) is 19.2. The van der Waals surface area contributed by atoms with Crippen molar-refractivity contribution in [2.45, 2.75) is 55.5 Å². The van der Waals surface area contributed by atoms with E-state index in [1.807, 2.05) is 12.1 Å². The van der Waals surface area contributed by atoms with Crippen molar-refractivity contribution in [1.29, 1.82) is 0 Å². The zero-order valence-corrected chi connectivity index (χ0v) is 12.5. The maximum Gasteiger partial charge on any atom is 0.240 e. The zero-order valence-electron chi connectivity index (χ0n) is 11.6. The van der Waals surface area contributed by atoms with Gasteiger partial charge in [0.25, 0.3) is 0 Å². The van der Waals surface area contributed by atoms with Crippen LogP contribution in [0.4, 0.5) is 0 Å². The van der Waals surface area contributed by atoms with Gasteiger partial charge in [0.05, 0.1) is 4.90 Å². The van der Waals surface area contributed by atoms with Crippen LogP contribution in [0.15, 0.2) is 29.2 Å². The molecule has 0 radical (unpaired) electrons. The van der Waals surface area contributed by atoms with Gasteiger partial charge in [-0.25, -0.2) is 13.1 Å². The molecular weight excluding hydrogens is 272 g/mol. The molecule has 0 spiro atoms. The van der Waals surface area contributed by atoms with Crippen LogP contribution in [0.25, 0.3) is 0 Å². The Morgan fingerprint density at radius 2 is 1.65 bits per heavy atom. The molecule has 0 atom stereocenters. The Balaban J connectivity index is 1.50. The molecule has 4 nitrogen and oxygen atoms in total. The van der Waals surface area contributed by atoms with Gasteiger partial charge in [-0.3, -0.25) is 0 Å². The lowest BCUT2D eigenvalue weighted by atomic mass is 10.1. The van der Waals surface area contributed by atoms with Crippen LogP contribution in [0.1, 0.15) is 37.7 Å². The van der Waals surface area contributed by atoms with Gasteiger partial charge in [0.15, 0.2) is 0 Å². The second-order valence-corrected chi connectivity index (χ2v) is 7.59. The lowest BCUT2D eigenvalue weighted by Crippen LogP contribution is -2.25. The van der Waals surface area contributed by atoms with Crippen molar-refractivity contribution in [2.24, 2.45) is 0 Å². The van der Waals surface area contributed by atoms with E-state index in [4.69, 9.17) is 0 Å². The van der Waals surface area contributed by atoms with Crippen LogP contribution in [0.5, 0.6) is 0 Å². The van der Waals surface area contributed by atoms with E-state index in [0.29, 0.717) is 4.90 Å². The number of rotatable bonds is 8. The minimum atomic E-state index is -3.30. The number of hydrogen-bond donors (Lipinski definition) is 2. The Kier molecular flexibility index (Phi) is 4.10. The highest BCUT2D eigenvalue weighted by Crippen LogP contribution is 2.22. The molecule has 20 heavy (non-hydrogen) atoms. The van der Waals surface area contributed by atoms with Gasteiger partial charge in [-0.05, 0) is 62.8 Å². The van der Waals surface area contributed by atoms with Crippen LogP contribution < -0.4 is 10.0 Å². The van der Waals surface area contributed by atoms with Crippen LogP contribution in [0, 0.1) is 0 Å². The molecule has 0 amide bonds. The summed E-state index contributed by atoms with van der Waals surface area (Å²) in [6.07, 6.45) is 6.66. The molecule has 1 aromatic rings. The van der Waals surface area contributed by atoms with E-state index in [0.717, 1.165) is 38.3 Å². The first-order valence-electron chi connectivity index (χ1n) is 7.48. The average Bonchev–Trinajstić information content (AvgIpc) is 3.30. The predicted octanol–water partition coefficient (Wildman–Crippen LogP) is 1.81. The van der Waals surface area contributed by atoms with Crippen LogP contribution in [0.3, 0.4) is 0 Å². The summed E-state index contributed by atoms with van der Waals surface area (Å²) < 4.78 is 26.7. The van der Waals surface area contributed by atoms with Crippen molar-refractivity contribution in [2.75, 3.05) is 6.54 Å². The Hall–Kier alpha value is -0.910. The molecule has 2 N–H and O–H groups in total. The lowest BCUT2D eigenvalue weighted by molar-refractivity contribution is 0.581. The van der Waals surface area contributed by atoms with E-state index < -0.39 is 10.0 Å². The van der Waals surface area contributed by atoms with E-state index in [1.165, 1.54) is 18.4 Å². The Morgan fingerprint density at radius 1 is 1.00 bits per heavy atom. The van der Waals surface area contributed by atoms with E-state index >= 15 is 0 Å². The first-order chi connectivity index (χ1) is 9.63. The molecule has 0 aliphatic heterocycles. The van der Waals surface area contributed by atoms with Crippen LogP contribution in [-0.4, -0.2) is 27.0 Å². The summed E-state index contributed by atoms with van der Waals surface area (Å²) in [7, 11) is -3.30. The maximum atomic E-state index is 12.0. The molecular formula is C15H22N2O2S. The number of nitrogens with one attached hydrogen (secondary N) is 2. The van der Waals surface area contributed by atoms with Crippen LogP contribution >= 0.6 is 0 Å². The Bertz CT molecular complexity index is 546. The highest BCUT2D eigenvalue weighted by molar-refractivity contribution is 7.89. The van der Waals surface area contributed by atoms with E-state index in [2.05, 4.69) is 10.0 Å². The predicted molar refractivity (Wildman–Crippen MR) is 79.1 cm³/mol. The molecule has 2 saturated carbocycles. The molecule has 0 saturated heterocycles. The number of aryl methyl sites for hydroxylation is 1. The molecule has 2 aliphatic carbocycles. The van der Waals surface area contributed by atoms with Gasteiger partial charge >= 0.3 is 0 Å². The number of hydrogen-bond acceptors (Lipinski definition) is 3. The highest BCUT2D eigenvalue weighted by atomic mass is 32.2. The van der Waals surface area contributed by atoms with Gasteiger partial charge < -0.3 is 5.32 Å². The molecule has 110 valence electrons. The summed E-state index contributed by atoms with van der Waals surface area (Å²) in [5.41, 5.74) is 1.20. The van der Waals surface area contributed by atoms with Crippen molar-refractivity contribution in [1.82, 2.24) is 10.0 Å². The number of sulfonamides is 1. The molecule has 2 aliphatic rings. The van der Waals surface area contributed by atoms with Gasteiger partial charge in [-0.2, -0.15) is 0 Å². The fourth-order valence-electron chi connectivity index (χ4n) is 2.21. The fourth-order valence-corrected chi connectivity index (χ4v) is 3.52. The van der Waals surface area contributed by atoms with Crippen molar-refractivity contribution in [3.05, 3.63) is 29.8 Å². The summed E-state index contributed by atoms with van der Waals surface area (Å²) in [6, 6.07) is 8.21. The minimum Gasteiger partial charge on any atom is -0.314 e. The summed E-state index contributed by atoms with van der Waals surface area (Å²) in [5.74, 6) is 0. The van der Waals surface area contributed by atoms with Gasteiger partial charge in [0.1, 0.15) is 0 Å². The second kappa shape index (κ2) is 5.84. The largest absolute Gasteiger partial charge is 0.314 e. The Morgan fingerprint density at radius 3 is 2.25 bits per heavy atom. The third-order valence-corrected chi connectivity index (χ3v) is 5.32. The van der Waals surface area contributed by atoms with E-state index in [9.17, 15) is 8.42 Å². The first-order valence-corrected chi connectivity index (χ1v) is 8.96. The molecule has 0 aromatic heterocycles. The van der Waals surface area contributed by atoms with Crippen molar-refractivity contribution in [3.63, 3.8) is 0 Å². The molecule has 2 fully saturated rings. The van der Waals surface area contributed by atoms with Crippen LogP contribution in [-0.2, 0) is 16.4 Å². The SMILES string of the molecule is O=S(=O)(NC1CC1)c1ccc(CCCNC2CC2)cc1. The Labute approximate surface area is 121 Å². The smallest absolute Gasteiger partial charge is 0.240 e. The monoisotopic (exact) mass is 294 g/mol. The molecule has 1 aromatic carbocycles. The number of benzene rings is 1. The molecule has 0 unspecified atom stereocenters. The third-order valence-electron chi connectivity index (χ3n) is 3.79. The average molecular weight is 294 g/mol. The van der Waals surface area contributed by atoms with Gasteiger partial charge in [-0.1, -0.05) is 12.1 Å². The summed E-state index contributed by atoms with van der Waals surface area (Å²) in [6.45, 7) is 1.05. The highest BCUT2D eigenvalue weighted by Gasteiger charge is 2.27. The molecule has 5 heteroatoms. The zero-order chi connectivity index (χ0) is 14.0. The second-order valence-electron chi connectivity index (χ2n) is 5.87. The standard InChI is InChI=1S/C15H22N2O2S/c18-20(19,17-14-7-8-14)15-9-3-12(4-10-15)2-1-11-16-13-5-6-13/h3-4,9-10,13-14,16-17H,1-2,5-8,11H2. The topological polar surface area (TPSA) is 58.2 Å². The minimum absolute atomic E-state index is 0.160. The fraction of sp³-hybridized carbons (Fsp3) is 0.600. The van der Waals surface area contributed by atoms with Crippen molar-refractivity contribution >= 4 is 10.0 Å². The van der Waals surface area contributed by atoms with Crippen LogP contribution in [0.2, 0.25) is 0 Å². The summed E-state index contributed by atoms with van der Waals surface area (Å²) in [4.78, 5) is 0.379. The molecule has 0 heterocycles. The van der Waals surface area contributed by atoms with Gasteiger partial charge in [0.2, 0.25) is 10.0 Å². The molecule has 0 bridgehead atoms. The van der Waals surface area contributed by atoms with Crippen molar-refractivity contribution < 1.29 is 8.42 Å².